The van der Waals surface area contributed by atoms with Crippen LogP contribution in [-0.2, 0) is 4.74 Å². The van der Waals surface area contributed by atoms with Crippen molar-refractivity contribution in [2.24, 2.45) is 0 Å². The lowest BCUT2D eigenvalue weighted by molar-refractivity contribution is 0.0509. The normalized spacial score (nSPS) is 18.9. The van der Waals surface area contributed by atoms with Crippen LogP contribution in [0.3, 0.4) is 0 Å². The quantitative estimate of drug-likeness (QED) is 0.872. The van der Waals surface area contributed by atoms with Crippen molar-refractivity contribution in [2.75, 3.05) is 18.0 Å². The summed E-state index contributed by atoms with van der Waals surface area (Å²) in [6.07, 6.45) is 0.495. The smallest absolute Gasteiger partial charge is 0.407 e. The van der Waals surface area contributed by atoms with E-state index in [1.807, 2.05) is 32.9 Å². The summed E-state index contributed by atoms with van der Waals surface area (Å²) < 4.78 is 5.25. The van der Waals surface area contributed by atoms with E-state index >= 15 is 0 Å². The maximum atomic E-state index is 11.7. The van der Waals surface area contributed by atoms with Crippen molar-refractivity contribution in [3.8, 4) is 5.75 Å². The molecule has 0 unspecified atom stereocenters. The maximum Gasteiger partial charge on any atom is 0.407 e. The third-order valence-electron chi connectivity index (χ3n) is 3.10. The van der Waals surface area contributed by atoms with Crippen LogP contribution in [0.15, 0.2) is 24.3 Å². The van der Waals surface area contributed by atoms with Gasteiger partial charge in [-0.25, -0.2) is 4.79 Å². The van der Waals surface area contributed by atoms with Gasteiger partial charge >= 0.3 is 6.09 Å². The molecule has 0 bridgehead atoms. The van der Waals surface area contributed by atoms with Crippen LogP contribution in [0.2, 0.25) is 0 Å². The van der Waals surface area contributed by atoms with Gasteiger partial charge in [0.1, 0.15) is 11.4 Å². The fourth-order valence-electron chi connectivity index (χ4n) is 2.28. The number of carbonyl (C=O) groups is 1. The molecule has 5 heteroatoms. The Labute approximate surface area is 119 Å². The molecule has 20 heavy (non-hydrogen) atoms. The molecule has 5 nitrogen and oxygen atoms in total. The van der Waals surface area contributed by atoms with Crippen molar-refractivity contribution in [3.63, 3.8) is 0 Å². The first-order chi connectivity index (χ1) is 9.33. The molecular formula is C15H22N2O3. The van der Waals surface area contributed by atoms with Gasteiger partial charge in [-0.05, 0) is 39.3 Å². The van der Waals surface area contributed by atoms with Crippen molar-refractivity contribution in [2.45, 2.75) is 38.8 Å². The molecule has 0 spiro atoms. The Morgan fingerprint density at radius 2 is 2.20 bits per heavy atom. The number of alkyl carbamates (subject to hydrolysis) is 1. The Balaban J connectivity index is 1.88. The zero-order valence-corrected chi connectivity index (χ0v) is 12.2. The lowest BCUT2D eigenvalue weighted by Gasteiger charge is -2.22. The van der Waals surface area contributed by atoms with Crippen molar-refractivity contribution < 1.29 is 14.6 Å². The molecule has 1 amide bonds. The van der Waals surface area contributed by atoms with Crippen molar-refractivity contribution in [1.29, 1.82) is 0 Å². The predicted octanol–water partition coefficient (Wildman–Crippen LogP) is 2.50. The van der Waals surface area contributed by atoms with Crippen molar-refractivity contribution >= 4 is 11.8 Å². The van der Waals surface area contributed by atoms with Crippen LogP contribution in [-0.4, -0.2) is 35.9 Å². The zero-order chi connectivity index (χ0) is 14.8. The van der Waals surface area contributed by atoms with Gasteiger partial charge < -0.3 is 20.1 Å². The van der Waals surface area contributed by atoms with E-state index in [2.05, 4.69) is 10.2 Å². The molecule has 0 aliphatic carbocycles. The van der Waals surface area contributed by atoms with Gasteiger partial charge in [-0.15, -0.1) is 0 Å². The summed E-state index contributed by atoms with van der Waals surface area (Å²) in [6, 6.07) is 7.23. The van der Waals surface area contributed by atoms with Gasteiger partial charge in [0.15, 0.2) is 0 Å². The molecule has 1 atom stereocenters. The van der Waals surface area contributed by atoms with E-state index in [0.717, 1.165) is 25.2 Å². The van der Waals surface area contributed by atoms with Gasteiger partial charge in [-0.1, -0.05) is 6.07 Å². The van der Waals surface area contributed by atoms with E-state index in [-0.39, 0.29) is 17.9 Å². The van der Waals surface area contributed by atoms with Crippen molar-refractivity contribution in [1.82, 2.24) is 5.32 Å². The highest BCUT2D eigenvalue weighted by Crippen LogP contribution is 2.24. The number of amides is 1. The lowest BCUT2D eigenvalue weighted by Crippen LogP contribution is -2.40. The molecule has 1 saturated heterocycles. The molecule has 0 saturated carbocycles. The van der Waals surface area contributed by atoms with E-state index < -0.39 is 5.60 Å². The number of phenols is 1. The predicted molar refractivity (Wildman–Crippen MR) is 78.1 cm³/mol. The highest BCUT2D eigenvalue weighted by atomic mass is 16.6. The fraction of sp³-hybridized carbons (Fsp3) is 0.533. The first-order valence-corrected chi connectivity index (χ1v) is 6.87. The Hall–Kier alpha value is -1.91. The second-order valence-corrected chi connectivity index (χ2v) is 6.10. The number of anilines is 1. The van der Waals surface area contributed by atoms with Gasteiger partial charge in [-0.2, -0.15) is 0 Å². The van der Waals surface area contributed by atoms with Crippen LogP contribution in [0.5, 0.6) is 5.75 Å². The van der Waals surface area contributed by atoms with E-state index in [1.165, 1.54) is 0 Å². The first kappa shape index (κ1) is 14.5. The molecule has 1 fully saturated rings. The standard InChI is InChI=1S/C15H22N2O3/c1-15(2,3)20-14(19)16-11-7-8-17(10-11)12-5-4-6-13(18)9-12/h4-6,9,11,18H,7-8,10H2,1-3H3,(H,16,19)/t11-/m0/s1. The Morgan fingerprint density at radius 3 is 2.85 bits per heavy atom. The third kappa shape index (κ3) is 4.05. The maximum absolute atomic E-state index is 11.7. The lowest BCUT2D eigenvalue weighted by atomic mass is 10.2. The number of ether oxygens (including phenoxy) is 1. The summed E-state index contributed by atoms with van der Waals surface area (Å²) in [5.74, 6) is 0.256. The summed E-state index contributed by atoms with van der Waals surface area (Å²) in [5, 5.41) is 12.4. The molecule has 2 N–H and O–H groups in total. The summed E-state index contributed by atoms with van der Waals surface area (Å²) in [4.78, 5) is 13.9. The molecule has 2 rings (SSSR count). The summed E-state index contributed by atoms with van der Waals surface area (Å²) in [6.45, 7) is 7.12. The number of nitrogens with zero attached hydrogens (tertiary/aromatic N) is 1. The summed E-state index contributed by atoms with van der Waals surface area (Å²) >= 11 is 0. The van der Waals surface area contributed by atoms with Gasteiger partial charge in [0, 0.05) is 24.8 Å². The average Bonchev–Trinajstić information content (AvgIpc) is 2.74. The van der Waals surface area contributed by atoms with E-state index in [4.69, 9.17) is 4.74 Å². The third-order valence-corrected chi connectivity index (χ3v) is 3.10. The molecule has 0 aromatic heterocycles. The van der Waals surface area contributed by atoms with Gasteiger partial charge in [0.05, 0.1) is 6.04 Å². The van der Waals surface area contributed by atoms with Gasteiger partial charge in [-0.3, -0.25) is 0 Å². The van der Waals surface area contributed by atoms with E-state index in [0.29, 0.717) is 0 Å². The molecular weight excluding hydrogens is 256 g/mol. The summed E-state index contributed by atoms with van der Waals surface area (Å²) in [7, 11) is 0. The zero-order valence-electron chi connectivity index (χ0n) is 12.2. The monoisotopic (exact) mass is 278 g/mol. The average molecular weight is 278 g/mol. The van der Waals surface area contributed by atoms with Gasteiger partial charge in [0.25, 0.3) is 0 Å². The minimum absolute atomic E-state index is 0.0761. The fourth-order valence-corrected chi connectivity index (χ4v) is 2.28. The number of carbonyl (C=O) groups excluding carboxylic acids is 1. The number of benzene rings is 1. The Morgan fingerprint density at radius 1 is 1.45 bits per heavy atom. The topological polar surface area (TPSA) is 61.8 Å². The first-order valence-electron chi connectivity index (χ1n) is 6.87. The van der Waals surface area contributed by atoms with Crippen LogP contribution >= 0.6 is 0 Å². The molecule has 1 aromatic carbocycles. The highest BCUT2D eigenvalue weighted by Gasteiger charge is 2.26. The van der Waals surface area contributed by atoms with Crippen LogP contribution in [0.1, 0.15) is 27.2 Å². The molecule has 0 radical (unpaired) electrons. The number of hydrogen-bond donors (Lipinski definition) is 2. The van der Waals surface area contributed by atoms with Crippen LogP contribution in [0, 0.1) is 0 Å². The Bertz CT molecular complexity index is 482. The number of phenolic OH excluding ortho intramolecular Hbond substituents is 1. The number of rotatable bonds is 2. The van der Waals surface area contributed by atoms with E-state index in [1.54, 1.807) is 12.1 Å². The van der Waals surface area contributed by atoms with Crippen LogP contribution in [0.4, 0.5) is 10.5 Å². The van der Waals surface area contributed by atoms with Crippen LogP contribution < -0.4 is 10.2 Å². The second-order valence-electron chi connectivity index (χ2n) is 6.10. The SMILES string of the molecule is CC(C)(C)OC(=O)N[C@H]1CCN(c2cccc(O)c2)C1. The van der Waals surface area contributed by atoms with Crippen LogP contribution in [0.25, 0.3) is 0 Å². The number of aromatic hydroxyl groups is 1. The molecule has 1 aromatic rings. The molecule has 1 aliphatic rings. The highest BCUT2D eigenvalue weighted by molar-refractivity contribution is 5.68. The van der Waals surface area contributed by atoms with E-state index in [9.17, 15) is 9.90 Å². The minimum atomic E-state index is -0.479. The molecule has 110 valence electrons. The Kier molecular flexibility index (Phi) is 4.06. The number of nitrogens with one attached hydrogen (secondary N) is 1. The minimum Gasteiger partial charge on any atom is -0.508 e. The molecule has 1 heterocycles. The van der Waals surface area contributed by atoms with Crippen molar-refractivity contribution in [3.05, 3.63) is 24.3 Å². The second kappa shape index (κ2) is 5.61. The van der Waals surface area contributed by atoms with Gasteiger partial charge in [0.2, 0.25) is 0 Å². The number of hydrogen-bond acceptors (Lipinski definition) is 4. The summed E-state index contributed by atoms with van der Waals surface area (Å²) in [5.41, 5.74) is 0.492. The largest absolute Gasteiger partial charge is 0.508 e. The molecule has 1 aliphatic heterocycles.